The standard InChI is InChI=1S/C25H26N2O6/c1-30-19-9-8-15(11-18(19)26)23-22(14-6-5-7-17(28)10-14)25(29)27(23)16-12-20(31-2)24(33-4)21(13-16)32-3/h5-13,22-23,28H,26H2,1-4H3/t22-,23-/m1/s1. The third kappa shape index (κ3) is 3.73. The number of methoxy groups -OCH3 is 4. The number of carbonyl (C=O) groups is 1. The zero-order chi connectivity index (χ0) is 23.7. The molecule has 1 aliphatic heterocycles. The maximum atomic E-state index is 13.5. The van der Waals surface area contributed by atoms with Crippen LogP contribution in [0.5, 0.6) is 28.7 Å². The lowest BCUT2D eigenvalue weighted by Crippen LogP contribution is -2.53. The summed E-state index contributed by atoms with van der Waals surface area (Å²) in [7, 11) is 6.12. The number of hydrogen-bond acceptors (Lipinski definition) is 7. The second kappa shape index (κ2) is 8.82. The molecule has 2 atom stereocenters. The Morgan fingerprint density at radius 2 is 1.48 bits per heavy atom. The fraction of sp³-hybridized carbons (Fsp3) is 0.240. The van der Waals surface area contributed by atoms with Gasteiger partial charge >= 0.3 is 0 Å². The van der Waals surface area contributed by atoms with Crippen molar-refractivity contribution in [2.45, 2.75) is 12.0 Å². The van der Waals surface area contributed by atoms with Gasteiger partial charge in [-0.2, -0.15) is 0 Å². The molecule has 1 aliphatic rings. The van der Waals surface area contributed by atoms with Gasteiger partial charge in [0.25, 0.3) is 0 Å². The Labute approximate surface area is 192 Å². The molecular formula is C25H26N2O6. The van der Waals surface area contributed by atoms with Gasteiger partial charge in [-0.1, -0.05) is 18.2 Å². The van der Waals surface area contributed by atoms with Gasteiger partial charge in [0.1, 0.15) is 11.5 Å². The third-order valence-electron chi connectivity index (χ3n) is 5.85. The van der Waals surface area contributed by atoms with Crippen molar-refractivity contribution in [2.75, 3.05) is 39.1 Å². The molecule has 3 aromatic rings. The Bertz CT molecular complexity index is 1170. The van der Waals surface area contributed by atoms with E-state index in [1.807, 2.05) is 12.1 Å². The summed E-state index contributed by atoms with van der Waals surface area (Å²) in [5.74, 6) is 1.32. The van der Waals surface area contributed by atoms with E-state index in [1.165, 1.54) is 21.3 Å². The first-order valence-corrected chi connectivity index (χ1v) is 10.3. The number of benzene rings is 3. The number of phenols is 1. The largest absolute Gasteiger partial charge is 0.508 e. The van der Waals surface area contributed by atoms with Crippen molar-refractivity contribution >= 4 is 17.3 Å². The van der Waals surface area contributed by atoms with Gasteiger partial charge < -0.3 is 34.7 Å². The molecule has 3 aromatic carbocycles. The van der Waals surface area contributed by atoms with Crippen LogP contribution in [0.3, 0.4) is 0 Å². The van der Waals surface area contributed by atoms with Gasteiger partial charge in [0.05, 0.1) is 51.8 Å². The predicted molar refractivity (Wildman–Crippen MR) is 125 cm³/mol. The molecule has 0 bridgehead atoms. The van der Waals surface area contributed by atoms with E-state index in [9.17, 15) is 9.90 Å². The topological polar surface area (TPSA) is 103 Å². The minimum absolute atomic E-state index is 0.0968. The van der Waals surface area contributed by atoms with Crippen molar-refractivity contribution in [3.8, 4) is 28.7 Å². The van der Waals surface area contributed by atoms with E-state index in [0.717, 1.165) is 5.56 Å². The van der Waals surface area contributed by atoms with Crippen LogP contribution < -0.4 is 29.6 Å². The Hall–Kier alpha value is -4.07. The molecule has 1 fully saturated rings. The average molecular weight is 450 g/mol. The van der Waals surface area contributed by atoms with Gasteiger partial charge in [-0.05, 0) is 35.4 Å². The van der Waals surface area contributed by atoms with E-state index < -0.39 is 5.92 Å². The van der Waals surface area contributed by atoms with Crippen molar-refractivity contribution in [2.24, 2.45) is 0 Å². The van der Waals surface area contributed by atoms with E-state index in [1.54, 1.807) is 54.5 Å². The number of nitrogen functional groups attached to an aromatic ring is 1. The molecule has 8 heteroatoms. The summed E-state index contributed by atoms with van der Waals surface area (Å²) in [5.41, 5.74) is 8.77. The Morgan fingerprint density at radius 1 is 0.818 bits per heavy atom. The van der Waals surface area contributed by atoms with Crippen molar-refractivity contribution in [1.29, 1.82) is 0 Å². The number of β-lactam (4-membered cyclic amide) rings is 1. The lowest BCUT2D eigenvalue weighted by molar-refractivity contribution is -0.126. The van der Waals surface area contributed by atoms with Gasteiger partial charge in [0.2, 0.25) is 11.7 Å². The van der Waals surface area contributed by atoms with Crippen LogP contribution in [0.2, 0.25) is 0 Å². The summed E-state index contributed by atoms with van der Waals surface area (Å²) in [6, 6.07) is 15.3. The van der Waals surface area contributed by atoms with E-state index in [2.05, 4.69) is 0 Å². The van der Waals surface area contributed by atoms with E-state index in [-0.39, 0.29) is 17.7 Å². The third-order valence-corrected chi connectivity index (χ3v) is 5.85. The minimum atomic E-state index is -0.510. The molecule has 0 aliphatic carbocycles. The van der Waals surface area contributed by atoms with Crippen LogP contribution in [0.15, 0.2) is 54.6 Å². The molecule has 1 amide bonds. The molecule has 0 spiro atoms. The summed E-state index contributed by atoms with van der Waals surface area (Å²) in [4.78, 5) is 15.2. The van der Waals surface area contributed by atoms with Crippen molar-refractivity contribution in [1.82, 2.24) is 0 Å². The number of anilines is 2. The van der Waals surface area contributed by atoms with Crippen molar-refractivity contribution in [3.05, 3.63) is 65.7 Å². The molecule has 172 valence electrons. The second-order valence-corrected chi connectivity index (χ2v) is 7.61. The normalized spacial score (nSPS) is 17.3. The average Bonchev–Trinajstić information content (AvgIpc) is 2.81. The zero-order valence-electron chi connectivity index (χ0n) is 18.9. The van der Waals surface area contributed by atoms with Crippen molar-refractivity contribution < 1.29 is 28.8 Å². The smallest absolute Gasteiger partial charge is 0.237 e. The predicted octanol–water partition coefficient (Wildman–Crippen LogP) is 3.88. The number of nitrogens with two attached hydrogens (primary N) is 1. The Morgan fingerprint density at radius 3 is 2.03 bits per heavy atom. The van der Waals surface area contributed by atoms with Crippen LogP contribution in [0.4, 0.5) is 11.4 Å². The number of hydrogen-bond donors (Lipinski definition) is 2. The highest BCUT2D eigenvalue weighted by atomic mass is 16.5. The van der Waals surface area contributed by atoms with Crippen LogP contribution in [-0.2, 0) is 4.79 Å². The first-order valence-electron chi connectivity index (χ1n) is 10.3. The summed E-state index contributed by atoms with van der Waals surface area (Å²) >= 11 is 0. The lowest BCUT2D eigenvalue weighted by Gasteiger charge is -2.48. The number of ether oxygens (including phenoxy) is 4. The molecule has 1 saturated heterocycles. The quantitative estimate of drug-likeness (QED) is 0.416. The highest BCUT2D eigenvalue weighted by Crippen LogP contribution is 2.52. The van der Waals surface area contributed by atoms with Crippen LogP contribution in [-0.4, -0.2) is 39.5 Å². The zero-order valence-corrected chi connectivity index (χ0v) is 18.9. The first-order chi connectivity index (χ1) is 15.9. The van der Waals surface area contributed by atoms with Gasteiger partial charge in [-0.25, -0.2) is 0 Å². The van der Waals surface area contributed by atoms with E-state index in [0.29, 0.717) is 39.9 Å². The highest BCUT2D eigenvalue weighted by Gasteiger charge is 2.50. The SMILES string of the molecule is COc1ccc([C@@H]2[C@@H](c3cccc(O)c3)C(=O)N2c2cc(OC)c(OC)c(OC)c2)cc1N. The van der Waals surface area contributed by atoms with Crippen LogP contribution in [0, 0.1) is 0 Å². The molecule has 0 unspecified atom stereocenters. The first kappa shape index (κ1) is 22.1. The van der Waals surface area contributed by atoms with Crippen LogP contribution >= 0.6 is 0 Å². The molecule has 3 N–H and O–H groups in total. The summed E-state index contributed by atoms with van der Waals surface area (Å²) in [6.07, 6.45) is 0. The number of rotatable bonds is 7. The molecule has 0 radical (unpaired) electrons. The summed E-state index contributed by atoms with van der Waals surface area (Å²) < 4.78 is 21.7. The lowest BCUT2D eigenvalue weighted by atomic mass is 9.77. The minimum Gasteiger partial charge on any atom is -0.508 e. The molecule has 4 rings (SSSR count). The maximum Gasteiger partial charge on any atom is 0.237 e. The van der Waals surface area contributed by atoms with Gasteiger partial charge in [-0.3, -0.25) is 4.79 Å². The number of carbonyl (C=O) groups excluding carboxylic acids is 1. The Kier molecular flexibility index (Phi) is 5.91. The number of nitrogens with zero attached hydrogens (tertiary/aromatic N) is 1. The number of amides is 1. The second-order valence-electron chi connectivity index (χ2n) is 7.61. The van der Waals surface area contributed by atoms with Gasteiger partial charge in [-0.15, -0.1) is 0 Å². The molecule has 33 heavy (non-hydrogen) atoms. The molecule has 1 heterocycles. The molecule has 8 nitrogen and oxygen atoms in total. The summed E-state index contributed by atoms with van der Waals surface area (Å²) in [6.45, 7) is 0. The van der Waals surface area contributed by atoms with Gasteiger partial charge in [0.15, 0.2) is 11.5 Å². The molecule has 0 saturated carbocycles. The number of phenolic OH excluding ortho intramolecular Hbond substituents is 1. The summed E-state index contributed by atoms with van der Waals surface area (Å²) in [5, 5.41) is 10.0. The van der Waals surface area contributed by atoms with Crippen LogP contribution in [0.1, 0.15) is 23.1 Å². The highest BCUT2D eigenvalue weighted by molar-refractivity contribution is 6.07. The number of aromatic hydroxyl groups is 1. The van der Waals surface area contributed by atoms with Crippen LogP contribution in [0.25, 0.3) is 0 Å². The van der Waals surface area contributed by atoms with Crippen molar-refractivity contribution in [3.63, 3.8) is 0 Å². The molecular weight excluding hydrogens is 424 g/mol. The fourth-order valence-corrected chi connectivity index (χ4v) is 4.30. The van der Waals surface area contributed by atoms with Gasteiger partial charge in [0, 0.05) is 12.1 Å². The van der Waals surface area contributed by atoms with E-state index >= 15 is 0 Å². The monoisotopic (exact) mass is 450 g/mol. The molecule has 0 aromatic heterocycles. The van der Waals surface area contributed by atoms with E-state index in [4.69, 9.17) is 24.7 Å². The fourth-order valence-electron chi connectivity index (χ4n) is 4.30. The Balaban J connectivity index is 1.85. The maximum absolute atomic E-state index is 13.5.